The molecule has 0 saturated carbocycles. The van der Waals surface area contributed by atoms with Gasteiger partial charge in [0.25, 0.3) is 0 Å². The molecule has 0 amide bonds. The van der Waals surface area contributed by atoms with Gasteiger partial charge in [-0.2, -0.15) is 0 Å². The number of carboxylic acid groups (broad SMARTS) is 1. The molecule has 1 aromatic heterocycles. The molecule has 5 heteroatoms. The molecule has 0 radical (unpaired) electrons. The summed E-state index contributed by atoms with van der Waals surface area (Å²) in [6, 6.07) is 6.84. The van der Waals surface area contributed by atoms with Crippen molar-refractivity contribution in [3.8, 4) is 0 Å². The highest BCUT2D eigenvalue weighted by Crippen LogP contribution is 2.22. The average molecular weight is 281 g/mol. The van der Waals surface area contributed by atoms with Crippen LogP contribution in [0.4, 0.5) is 0 Å². The summed E-state index contributed by atoms with van der Waals surface area (Å²) in [5.74, 6) is -0.972. The molecule has 0 spiro atoms. The lowest BCUT2D eigenvalue weighted by Crippen LogP contribution is -2.05. The molecule has 2 aromatic rings. The number of benzene rings is 1. The van der Waals surface area contributed by atoms with Crippen LogP contribution in [-0.2, 0) is 6.54 Å². The predicted octanol–water partition coefficient (Wildman–Crippen LogP) is 2.15. The van der Waals surface area contributed by atoms with Crippen LogP contribution in [-0.4, -0.2) is 16.1 Å². The third-order valence-electron chi connectivity index (χ3n) is 2.26. The lowest BCUT2D eigenvalue weighted by molar-refractivity contribution is 0.0699. The van der Waals surface area contributed by atoms with Gasteiger partial charge in [-0.3, -0.25) is 4.98 Å². The van der Waals surface area contributed by atoms with E-state index in [2.05, 4.69) is 20.9 Å². The largest absolute Gasteiger partial charge is 0.478 e. The van der Waals surface area contributed by atoms with Crippen LogP contribution in [0.3, 0.4) is 0 Å². The third kappa shape index (κ3) is 1.91. The minimum absolute atomic E-state index is 0.228. The van der Waals surface area contributed by atoms with Gasteiger partial charge in [0.15, 0.2) is 0 Å². The number of hydrogen-bond donors (Lipinski definition) is 2. The summed E-state index contributed by atoms with van der Waals surface area (Å²) >= 11 is 3.31. The molecule has 1 aromatic carbocycles. The fourth-order valence-electron chi connectivity index (χ4n) is 1.53. The molecular weight excluding hydrogens is 272 g/mol. The van der Waals surface area contributed by atoms with Crippen LogP contribution in [0.5, 0.6) is 0 Å². The van der Waals surface area contributed by atoms with Gasteiger partial charge < -0.3 is 10.8 Å². The van der Waals surface area contributed by atoms with Gasteiger partial charge in [0.1, 0.15) is 0 Å². The van der Waals surface area contributed by atoms with Gasteiger partial charge in [-0.05, 0) is 24.3 Å². The Bertz CT molecular complexity index is 569. The maximum Gasteiger partial charge on any atom is 0.336 e. The second kappa shape index (κ2) is 4.19. The first kappa shape index (κ1) is 11.0. The van der Waals surface area contributed by atoms with Crippen molar-refractivity contribution in [1.82, 2.24) is 4.98 Å². The van der Waals surface area contributed by atoms with E-state index in [9.17, 15) is 4.79 Å². The lowest BCUT2D eigenvalue weighted by Gasteiger charge is -2.05. The molecule has 0 atom stereocenters. The molecule has 0 bridgehead atoms. The van der Waals surface area contributed by atoms with E-state index in [1.54, 1.807) is 12.1 Å². The average Bonchev–Trinajstić information content (AvgIpc) is 2.27. The highest BCUT2D eigenvalue weighted by molar-refractivity contribution is 9.10. The maximum absolute atomic E-state index is 11.1. The maximum atomic E-state index is 11.1. The standard InChI is InChI=1S/C11H9BrN2O2/c12-6-1-2-10-8(3-6)9(11(15)16)4-7(5-13)14-10/h1-4H,5,13H2,(H,15,16). The molecule has 1 heterocycles. The number of carbonyl (C=O) groups is 1. The number of rotatable bonds is 2. The third-order valence-corrected chi connectivity index (χ3v) is 2.76. The Hall–Kier alpha value is -1.46. The molecule has 2 rings (SSSR count). The minimum Gasteiger partial charge on any atom is -0.478 e. The molecule has 3 N–H and O–H groups in total. The summed E-state index contributed by atoms with van der Waals surface area (Å²) in [6.07, 6.45) is 0. The van der Waals surface area contributed by atoms with Crippen molar-refractivity contribution in [2.24, 2.45) is 5.73 Å². The van der Waals surface area contributed by atoms with E-state index in [0.29, 0.717) is 16.6 Å². The minimum atomic E-state index is -0.972. The van der Waals surface area contributed by atoms with Gasteiger partial charge in [0.05, 0.1) is 16.8 Å². The van der Waals surface area contributed by atoms with Crippen LogP contribution in [0.1, 0.15) is 16.1 Å². The molecule has 0 aliphatic carbocycles. The zero-order valence-corrected chi connectivity index (χ0v) is 9.86. The second-order valence-corrected chi connectivity index (χ2v) is 4.25. The van der Waals surface area contributed by atoms with E-state index in [-0.39, 0.29) is 12.1 Å². The van der Waals surface area contributed by atoms with E-state index < -0.39 is 5.97 Å². The molecule has 16 heavy (non-hydrogen) atoms. The van der Waals surface area contributed by atoms with E-state index >= 15 is 0 Å². The molecule has 4 nitrogen and oxygen atoms in total. The number of hydrogen-bond acceptors (Lipinski definition) is 3. The smallest absolute Gasteiger partial charge is 0.336 e. The Morgan fingerprint density at radius 2 is 2.19 bits per heavy atom. The van der Waals surface area contributed by atoms with E-state index in [0.717, 1.165) is 4.47 Å². The van der Waals surface area contributed by atoms with Crippen molar-refractivity contribution in [3.63, 3.8) is 0 Å². The highest BCUT2D eigenvalue weighted by Gasteiger charge is 2.11. The number of aromatic nitrogens is 1. The second-order valence-electron chi connectivity index (χ2n) is 3.33. The predicted molar refractivity (Wildman–Crippen MR) is 64.3 cm³/mol. The van der Waals surface area contributed by atoms with Crippen molar-refractivity contribution >= 4 is 32.8 Å². The zero-order chi connectivity index (χ0) is 11.7. The van der Waals surface area contributed by atoms with Crippen LogP contribution in [0.25, 0.3) is 10.9 Å². The number of nitrogens with two attached hydrogens (primary N) is 1. The van der Waals surface area contributed by atoms with Crippen molar-refractivity contribution in [2.75, 3.05) is 0 Å². The monoisotopic (exact) mass is 280 g/mol. The van der Waals surface area contributed by atoms with Crippen molar-refractivity contribution in [2.45, 2.75) is 6.54 Å². The summed E-state index contributed by atoms with van der Waals surface area (Å²) in [6.45, 7) is 0.228. The molecule has 0 fully saturated rings. The number of halogens is 1. The Kier molecular flexibility index (Phi) is 2.89. The quantitative estimate of drug-likeness (QED) is 0.884. The molecular formula is C11H9BrN2O2. The molecule has 0 unspecified atom stereocenters. The topological polar surface area (TPSA) is 76.2 Å². The normalized spacial score (nSPS) is 10.6. The Balaban J connectivity index is 2.82. The molecule has 0 saturated heterocycles. The van der Waals surface area contributed by atoms with E-state index in [1.165, 1.54) is 6.07 Å². The first-order chi connectivity index (χ1) is 7.61. The zero-order valence-electron chi connectivity index (χ0n) is 8.27. The van der Waals surface area contributed by atoms with Crippen molar-refractivity contribution in [3.05, 3.63) is 40.0 Å². The van der Waals surface area contributed by atoms with Gasteiger partial charge >= 0.3 is 5.97 Å². The number of nitrogens with zero attached hydrogens (tertiary/aromatic N) is 1. The molecule has 0 aliphatic heterocycles. The number of pyridine rings is 1. The SMILES string of the molecule is NCc1cc(C(=O)O)c2cc(Br)ccc2n1. The van der Waals surface area contributed by atoms with Gasteiger partial charge in [-0.25, -0.2) is 4.79 Å². The number of carboxylic acids is 1. The lowest BCUT2D eigenvalue weighted by atomic mass is 10.1. The first-order valence-electron chi connectivity index (χ1n) is 4.64. The van der Waals surface area contributed by atoms with Crippen LogP contribution in [0.15, 0.2) is 28.7 Å². The van der Waals surface area contributed by atoms with Crippen molar-refractivity contribution < 1.29 is 9.90 Å². The Labute approximate surface area is 100 Å². The summed E-state index contributed by atoms with van der Waals surface area (Å²) in [5.41, 5.74) is 6.92. The van der Waals surface area contributed by atoms with E-state index in [1.807, 2.05) is 6.07 Å². The van der Waals surface area contributed by atoms with Crippen LogP contribution < -0.4 is 5.73 Å². The summed E-state index contributed by atoms with van der Waals surface area (Å²) < 4.78 is 0.824. The molecule has 82 valence electrons. The highest BCUT2D eigenvalue weighted by atomic mass is 79.9. The van der Waals surface area contributed by atoms with Gasteiger partial charge in [-0.1, -0.05) is 15.9 Å². The Morgan fingerprint density at radius 1 is 1.44 bits per heavy atom. The fourth-order valence-corrected chi connectivity index (χ4v) is 1.90. The van der Waals surface area contributed by atoms with Crippen LogP contribution in [0.2, 0.25) is 0 Å². The first-order valence-corrected chi connectivity index (χ1v) is 5.43. The number of aromatic carboxylic acids is 1. The van der Waals surface area contributed by atoms with Crippen LogP contribution in [0, 0.1) is 0 Å². The summed E-state index contributed by atoms with van der Waals surface area (Å²) in [4.78, 5) is 15.4. The van der Waals surface area contributed by atoms with Gasteiger partial charge in [0.2, 0.25) is 0 Å². The van der Waals surface area contributed by atoms with Gasteiger partial charge in [-0.15, -0.1) is 0 Å². The summed E-state index contributed by atoms with van der Waals surface area (Å²) in [7, 11) is 0. The van der Waals surface area contributed by atoms with E-state index in [4.69, 9.17) is 10.8 Å². The fraction of sp³-hybridized carbons (Fsp3) is 0.0909. The van der Waals surface area contributed by atoms with Crippen molar-refractivity contribution in [1.29, 1.82) is 0 Å². The summed E-state index contributed by atoms with van der Waals surface area (Å²) in [5, 5.41) is 9.72. The molecule has 0 aliphatic rings. The number of fused-ring (bicyclic) bond motifs is 1. The van der Waals surface area contributed by atoms with Gasteiger partial charge in [0, 0.05) is 16.4 Å². The Morgan fingerprint density at radius 3 is 2.81 bits per heavy atom. The van der Waals surface area contributed by atoms with Crippen LogP contribution >= 0.6 is 15.9 Å².